The number of fused-ring (bicyclic) bond motifs is 5. The van der Waals surface area contributed by atoms with Gasteiger partial charge < -0.3 is 24.5 Å². The Balaban J connectivity index is 1.20. The summed E-state index contributed by atoms with van der Waals surface area (Å²) in [5.41, 5.74) is 5.75. The Labute approximate surface area is 274 Å². The number of nitrogens with zero attached hydrogens (tertiary/aromatic N) is 1. The van der Waals surface area contributed by atoms with Crippen molar-refractivity contribution in [3.05, 3.63) is 89.0 Å². The molecule has 0 saturated heterocycles. The second-order valence-corrected chi connectivity index (χ2v) is 13.1. The number of nitrogens with one attached hydrogen (secondary N) is 1. The molecular weight excluding hydrogens is 592 g/mol. The molecular formula is C39H40N2O6. The minimum Gasteiger partial charge on any atom is -0.493 e. The average molecular weight is 633 g/mol. The molecule has 0 unspecified atom stereocenters. The highest BCUT2D eigenvalue weighted by molar-refractivity contribution is 6.04. The van der Waals surface area contributed by atoms with Gasteiger partial charge in [-0.25, -0.2) is 4.79 Å². The van der Waals surface area contributed by atoms with Gasteiger partial charge in [0.2, 0.25) is 0 Å². The molecule has 47 heavy (non-hydrogen) atoms. The molecule has 7 rings (SSSR count). The van der Waals surface area contributed by atoms with E-state index in [4.69, 9.17) is 14.6 Å². The number of carboxylic acid groups (broad SMARTS) is 1. The molecule has 0 atom stereocenters. The Morgan fingerprint density at radius 3 is 2.51 bits per heavy atom. The van der Waals surface area contributed by atoms with Gasteiger partial charge in [-0.1, -0.05) is 55.7 Å². The van der Waals surface area contributed by atoms with Gasteiger partial charge in [0.25, 0.3) is 5.91 Å². The highest BCUT2D eigenvalue weighted by Crippen LogP contribution is 2.49. The predicted molar refractivity (Wildman–Crippen MR) is 181 cm³/mol. The number of hydrogen-bond donors (Lipinski definition) is 2. The number of hydrogen-bond acceptors (Lipinski definition) is 5. The van der Waals surface area contributed by atoms with Gasteiger partial charge in [0.1, 0.15) is 6.61 Å². The Morgan fingerprint density at radius 1 is 1.02 bits per heavy atom. The molecule has 8 heteroatoms. The molecule has 2 saturated carbocycles. The average Bonchev–Trinajstić information content (AvgIpc) is 3.26. The quantitative estimate of drug-likeness (QED) is 0.187. The summed E-state index contributed by atoms with van der Waals surface area (Å²) in [5.74, 6) is 0.655. The molecule has 4 aromatic rings. The van der Waals surface area contributed by atoms with E-state index in [9.17, 15) is 14.4 Å². The normalized spacial score (nSPS) is 17.2. The zero-order valence-corrected chi connectivity index (χ0v) is 26.7. The molecule has 2 N–H and O–H groups in total. The predicted octanol–water partition coefficient (Wildman–Crippen LogP) is 7.32. The van der Waals surface area contributed by atoms with E-state index >= 15 is 0 Å². The van der Waals surface area contributed by atoms with E-state index in [0.717, 1.165) is 64.7 Å². The second-order valence-electron chi connectivity index (χ2n) is 13.1. The lowest BCUT2D eigenvalue weighted by atomic mass is 9.72. The third-order valence-electron chi connectivity index (χ3n) is 10.3. The van der Waals surface area contributed by atoms with Gasteiger partial charge in [0.15, 0.2) is 17.3 Å². The van der Waals surface area contributed by atoms with Crippen molar-refractivity contribution in [2.75, 3.05) is 13.7 Å². The number of amides is 1. The highest BCUT2D eigenvalue weighted by atomic mass is 16.5. The van der Waals surface area contributed by atoms with Gasteiger partial charge in [-0.05, 0) is 85.1 Å². The number of carboxylic acids is 1. The van der Waals surface area contributed by atoms with Crippen molar-refractivity contribution in [2.45, 2.75) is 75.8 Å². The van der Waals surface area contributed by atoms with Crippen LogP contribution < -0.4 is 14.8 Å². The van der Waals surface area contributed by atoms with Crippen LogP contribution in [0.2, 0.25) is 0 Å². The van der Waals surface area contributed by atoms with E-state index in [0.29, 0.717) is 37.5 Å². The van der Waals surface area contributed by atoms with E-state index in [1.54, 1.807) is 19.2 Å². The maximum atomic E-state index is 13.9. The van der Waals surface area contributed by atoms with Crippen LogP contribution in [0.3, 0.4) is 0 Å². The van der Waals surface area contributed by atoms with Crippen molar-refractivity contribution in [3.63, 3.8) is 0 Å². The molecule has 0 radical (unpaired) electrons. The van der Waals surface area contributed by atoms with E-state index in [-0.39, 0.29) is 18.1 Å². The number of ether oxygens (including phenoxy) is 2. The molecule has 8 nitrogen and oxygen atoms in total. The fourth-order valence-corrected chi connectivity index (χ4v) is 7.66. The topological polar surface area (TPSA) is 107 Å². The number of benzene rings is 3. The zero-order valence-electron chi connectivity index (χ0n) is 26.7. The number of carbonyl (C=O) groups excluding carboxylic acids is 2. The van der Waals surface area contributed by atoms with Crippen molar-refractivity contribution < 1.29 is 29.0 Å². The van der Waals surface area contributed by atoms with Gasteiger partial charge in [0.05, 0.1) is 24.9 Å². The highest BCUT2D eigenvalue weighted by Gasteiger charge is 2.45. The molecule has 2 heterocycles. The Bertz CT molecular complexity index is 1880. The minimum atomic E-state index is -1.01. The smallest absolute Gasteiger partial charge is 0.328 e. The minimum absolute atomic E-state index is 0.00848. The van der Waals surface area contributed by atoms with Crippen molar-refractivity contribution in [1.82, 2.24) is 9.88 Å². The van der Waals surface area contributed by atoms with E-state index < -0.39 is 11.5 Å². The SMILES string of the molecule is COc1cccc2c1OCCn1c-2c(C2CCCCC2)c2ccc(C(=O)NC3(C(=O)Cc4ccc(/C=C/C(=O)O)cc4)CCC3)cc21. The van der Waals surface area contributed by atoms with E-state index in [1.807, 2.05) is 36.4 Å². The Hall–Kier alpha value is -4.85. The molecule has 1 aromatic heterocycles. The first-order chi connectivity index (χ1) is 22.9. The summed E-state index contributed by atoms with van der Waals surface area (Å²) in [4.78, 5) is 38.3. The van der Waals surface area contributed by atoms with E-state index in [2.05, 4.69) is 22.0 Å². The number of methoxy groups -OCH3 is 1. The third-order valence-corrected chi connectivity index (χ3v) is 10.3. The number of aromatic nitrogens is 1. The summed E-state index contributed by atoms with van der Waals surface area (Å²) in [5, 5.41) is 13.2. The van der Waals surface area contributed by atoms with Gasteiger partial charge in [-0.2, -0.15) is 0 Å². The van der Waals surface area contributed by atoms with Crippen LogP contribution in [0.5, 0.6) is 11.5 Å². The van der Waals surface area contributed by atoms with Crippen molar-refractivity contribution in [1.29, 1.82) is 0 Å². The van der Waals surface area contributed by atoms with Crippen LogP contribution >= 0.6 is 0 Å². The molecule has 2 aliphatic carbocycles. The van der Waals surface area contributed by atoms with Crippen molar-refractivity contribution in [3.8, 4) is 22.8 Å². The summed E-state index contributed by atoms with van der Waals surface area (Å²) < 4.78 is 14.3. The van der Waals surface area contributed by atoms with Crippen LogP contribution in [0, 0.1) is 0 Å². The van der Waals surface area contributed by atoms with Crippen LogP contribution in [-0.2, 0) is 22.6 Å². The molecule has 242 valence electrons. The lowest BCUT2D eigenvalue weighted by Gasteiger charge is -2.41. The number of Topliss-reactive ketones (excluding diaryl/α,β-unsaturated/α-hetero) is 1. The fraction of sp³-hybridized carbons (Fsp3) is 0.359. The lowest BCUT2D eigenvalue weighted by Crippen LogP contribution is -2.59. The van der Waals surface area contributed by atoms with Crippen LogP contribution in [0.15, 0.2) is 66.7 Å². The van der Waals surface area contributed by atoms with Gasteiger partial charge in [-0.15, -0.1) is 0 Å². The van der Waals surface area contributed by atoms with Gasteiger partial charge in [0, 0.05) is 34.5 Å². The first-order valence-electron chi connectivity index (χ1n) is 16.7. The number of carbonyl (C=O) groups is 3. The number of para-hydroxylation sites is 1. The first kappa shape index (κ1) is 30.8. The van der Waals surface area contributed by atoms with Crippen LogP contribution in [0.1, 0.15) is 84.3 Å². The molecule has 0 spiro atoms. The molecule has 3 aromatic carbocycles. The van der Waals surface area contributed by atoms with Crippen LogP contribution in [-0.4, -0.2) is 46.6 Å². The summed E-state index contributed by atoms with van der Waals surface area (Å²) in [6.07, 6.45) is 10.9. The van der Waals surface area contributed by atoms with E-state index in [1.165, 1.54) is 36.3 Å². The largest absolute Gasteiger partial charge is 0.493 e. The maximum absolute atomic E-state index is 13.9. The first-order valence-corrected chi connectivity index (χ1v) is 16.7. The monoisotopic (exact) mass is 632 g/mol. The summed E-state index contributed by atoms with van der Waals surface area (Å²) >= 11 is 0. The van der Waals surface area contributed by atoms with Crippen LogP contribution in [0.25, 0.3) is 28.2 Å². The summed E-state index contributed by atoms with van der Waals surface area (Å²) in [7, 11) is 1.67. The molecule has 0 bridgehead atoms. The van der Waals surface area contributed by atoms with Crippen LogP contribution in [0.4, 0.5) is 0 Å². The molecule has 3 aliphatic rings. The fourth-order valence-electron chi connectivity index (χ4n) is 7.66. The third kappa shape index (κ3) is 5.81. The maximum Gasteiger partial charge on any atom is 0.328 e. The van der Waals surface area contributed by atoms with Crippen molar-refractivity contribution >= 4 is 34.6 Å². The summed E-state index contributed by atoms with van der Waals surface area (Å²) in [6, 6.07) is 19.3. The number of rotatable bonds is 9. The summed E-state index contributed by atoms with van der Waals surface area (Å²) in [6.45, 7) is 1.13. The second kappa shape index (κ2) is 12.7. The van der Waals surface area contributed by atoms with Gasteiger partial charge >= 0.3 is 5.97 Å². The Kier molecular flexibility index (Phi) is 8.35. The molecule has 1 amide bonds. The Morgan fingerprint density at radius 2 is 1.81 bits per heavy atom. The number of aliphatic carboxylic acids is 1. The lowest BCUT2D eigenvalue weighted by molar-refractivity contribution is -0.131. The number of ketones is 1. The standard InChI is InChI=1S/C39H40N2O6/c1-46-32-10-5-9-30-36-35(27-7-3-2-4-8-27)29-17-16-28(24-31(29)41(36)21-22-47-37(30)32)38(45)40-39(19-6-20-39)33(42)23-26-13-11-25(12-14-26)15-18-34(43)44/h5,9-18,24,27H,2-4,6-8,19-23H2,1H3,(H,40,45)(H,43,44)/b18-15+. The molecule has 1 aliphatic heterocycles. The molecule has 2 fully saturated rings. The van der Waals surface area contributed by atoms with Gasteiger partial charge in [-0.3, -0.25) is 9.59 Å². The zero-order chi connectivity index (χ0) is 32.5. The van der Waals surface area contributed by atoms with Crippen molar-refractivity contribution in [2.24, 2.45) is 0 Å².